The number of benzene rings is 1. The Hall–Kier alpha value is -0.960. The van der Waals surface area contributed by atoms with Crippen molar-refractivity contribution in [3.63, 3.8) is 0 Å². The lowest BCUT2D eigenvalue weighted by molar-refractivity contribution is 0.540. The fourth-order valence-corrected chi connectivity index (χ4v) is 1.90. The monoisotopic (exact) mass is 228 g/mol. The Morgan fingerprint density at radius 2 is 2.07 bits per heavy atom. The molecule has 1 aliphatic heterocycles. The molecule has 0 aliphatic carbocycles. The van der Waals surface area contributed by atoms with E-state index in [0.29, 0.717) is 0 Å². The molecule has 1 heterocycles. The van der Waals surface area contributed by atoms with Gasteiger partial charge in [0.05, 0.1) is 16.4 Å². The van der Waals surface area contributed by atoms with Crippen LogP contribution in [-0.4, -0.2) is 12.1 Å². The zero-order chi connectivity index (χ0) is 11.1. The van der Waals surface area contributed by atoms with Crippen LogP contribution < -0.4 is 10.6 Å². The van der Waals surface area contributed by atoms with Gasteiger partial charge in [0.25, 0.3) is 0 Å². The first-order chi connectivity index (χ1) is 6.98. The summed E-state index contributed by atoms with van der Waals surface area (Å²) in [5.74, 6) is -0.385. The van der Waals surface area contributed by atoms with E-state index in [1.807, 2.05) is 0 Å². The van der Waals surface area contributed by atoms with Crippen LogP contribution in [-0.2, 0) is 0 Å². The van der Waals surface area contributed by atoms with Gasteiger partial charge >= 0.3 is 0 Å². The molecule has 0 spiro atoms. The molecule has 0 amide bonds. The molecule has 4 heteroatoms. The van der Waals surface area contributed by atoms with Gasteiger partial charge in [0.2, 0.25) is 0 Å². The molecule has 0 saturated heterocycles. The molecule has 0 aromatic heterocycles. The van der Waals surface area contributed by atoms with Crippen molar-refractivity contribution in [3.8, 4) is 0 Å². The average Bonchev–Trinajstić information content (AvgIpc) is 2.24. The number of nitrogens with one attached hydrogen (secondary N) is 2. The highest BCUT2D eigenvalue weighted by molar-refractivity contribution is 6.31. The molecule has 0 fully saturated rings. The number of halogens is 2. The van der Waals surface area contributed by atoms with Crippen LogP contribution in [0.15, 0.2) is 12.1 Å². The topological polar surface area (TPSA) is 24.1 Å². The Bertz CT molecular complexity index is 390. The Balaban J connectivity index is 2.43. The molecule has 82 valence electrons. The first kappa shape index (κ1) is 10.6. The zero-order valence-corrected chi connectivity index (χ0v) is 9.58. The molecule has 2 N–H and O–H groups in total. The van der Waals surface area contributed by atoms with Crippen LogP contribution >= 0.6 is 11.6 Å². The van der Waals surface area contributed by atoms with E-state index in [1.165, 1.54) is 6.07 Å². The summed E-state index contributed by atoms with van der Waals surface area (Å²) in [5.41, 5.74) is 1.64. The quantitative estimate of drug-likeness (QED) is 0.711. The van der Waals surface area contributed by atoms with E-state index in [-0.39, 0.29) is 16.4 Å². The summed E-state index contributed by atoms with van der Waals surface area (Å²) in [4.78, 5) is 0. The Morgan fingerprint density at radius 1 is 1.33 bits per heavy atom. The van der Waals surface area contributed by atoms with Crippen molar-refractivity contribution in [1.82, 2.24) is 0 Å². The van der Waals surface area contributed by atoms with Crippen molar-refractivity contribution in [3.05, 3.63) is 23.0 Å². The molecule has 1 aliphatic rings. The van der Waals surface area contributed by atoms with Gasteiger partial charge in [0.15, 0.2) is 0 Å². The van der Waals surface area contributed by atoms with Crippen molar-refractivity contribution in [2.24, 2.45) is 0 Å². The standard InChI is InChI=1S/C11H14ClFN2/c1-11(2)3-4-14-9-6-8(13)7(12)5-10(9)15-11/h5-6,14-15H,3-4H2,1-2H3. The first-order valence-corrected chi connectivity index (χ1v) is 5.37. The maximum absolute atomic E-state index is 13.2. The third-order valence-corrected chi connectivity index (χ3v) is 2.89. The van der Waals surface area contributed by atoms with E-state index in [1.54, 1.807) is 6.07 Å². The van der Waals surface area contributed by atoms with E-state index in [0.717, 1.165) is 24.3 Å². The van der Waals surface area contributed by atoms with Crippen molar-refractivity contribution in [2.45, 2.75) is 25.8 Å². The molecule has 0 saturated carbocycles. The number of rotatable bonds is 0. The van der Waals surface area contributed by atoms with Crippen molar-refractivity contribution >= 4 is 23.0 Å². The van der Waals surface area contributed by atoms with Crippen LogP contribution in [0.5, 0.6) is 0 Å². The van der Waals surface area contributed by atoms with Crippen LogP contribution in [0.4, 0.5) is 15.8 Å². The van der Waals surface area contributed by atoms with E-state index in [9.17, 15) is 4.39 Å². The van der Waals surface area contributed by atoms with E-state index in [4.69, 9.17) is 11.6 Å². The second-order valence-corrected chi connectivity index (χ2v) is 4.90. The second kappa shape index (κ2) is 3.56. The molecular weight excluding hydrogens is 215 g/mol. The van der Waals surface area contributed by atoms with Gasteiger partial charge < -0.3 is 10.6 Å². The fourth-order valence-electron chi connectivity index (χ4n) is 1.73. The van der Waals surface area contributed by atoms with Crippen LogP contribution in [0.1, 0.15) is 20.3 Å². The Labute approximate surface area is 93.8 Å². The number of fused-ring (bicyclic) bond motifs is 1. The summed E-state index contributed by atoms with van der Waals surface area (Å²) in [6.45, 7) is 5.05. The molecule has 2 nitrogen and oxygen atoms in total. The average molecular weight is 229 g/mol. The highest BCUT2D eigenvalue weighted by atomic mass is 35.5. The van der Waals surface area contributed by atoms with Crippen molar-refractivity contribution in [1.29, 1.82) is 0 Å². The second-order valence-electron chi connectivity index (χ2n) is 4.50. The molecule has 15 heavy (non-hydrogen) atoms. The number of hydrogen-bond donors (Lipinski definition) is 2. The maximum Gasteiger partial charge on any atom is 0.143 e. The molecule has 1 aromatic carbocycles. The van der Waals surface area contributed by atoms with Gasteiger partial charge in [-0.1, -0.05) is 11.6 Å². The van der Waals surface area contributed by atoms with Crippen LogP contribution in [0.25, 0.3) is 0 Å². The SMILES string of the molecule is CC1(C)CCNc2cc(F)c(Cl)cc2N1. The van der Waals surface area contributed by atoms with Gasteiger partial charge in [-0.3, -0.25) is 0 Å². The van der Waals surface area contributed by atoms with E-state index < -0.39 is 0 Å². The highest BCUT2D eigenvalue weighted by Gasteiger charge is 2.22. The lowest BCUT2D eigenvalue weighted by Gasteiger charge is -2.25. The normalized spacial score (nSPS) is 18.4. The van der Waals surface area contributed by atoms with Gasteiger partial charge in [0.1, 0.15) is 5.82 Å². The minimum absolute atomic E-state index is 0.000587. The van der Waals surface area contributed by atoms with Crippen molar-refractivity contribution < 1.29 is 4.39 Å². The summed E-state index contributed by atoms with van der Waals surface area (Å²) in [5, 5.41) is 6.69. The summed E-state index contributed by atoms with van der Waals surface area (Å²) < 4.78 is 13.2. The van der Waals surface area contributed by atoms with Crippen LogP contribution in [0.2, 0.25) is 5.02 Å². The van der Waals surface area contributed by atoms with E-state index >= 15 is 0 Å². The number of anilines is 2. The summed E-state index contributed by atoms with van der Waals surface area (Å²) in [6.07, 6.45) is 0.973. The van der Waals surface area contributed by atoms with Gasteiger partial charge in [-0.15, -0.1) is 0 Å². The van der Waals surface area contributed by atoms with Gasteiger partial charge in [-0.05, 0) is 26.3 Å². The van der Waals surface area contributed by atoms with Gasteiger partial charge in [-0.2, -0.15) is 0 Å². The predicted octanol–water partition coefficient (Wildman–Crippen LogP) is 3.49. The summed E-state index contributed by atoms with van der Waals surface area (Å²) in [6, 6.07) is 3.07. The highest BCUT2D eigenvalue weighted by Crippen LogP contribution is 2.33. The van der Waals surface area contributed by atoms with Crippen molar-refractivity contribution in [2.75, 3.05) is 17.2 Å². The summed E-state index contributed by atoms with van der Waals surface area (Å²) >= 11 is 5.75. The largest absolute Gasteiger partial charge is 0.383 e. The lowest BCUT2D eigenvalue weighted by atomic mass is 10.0. The van der Waals surface area contributed by atoms with Crippen LogP contribution in [0.3, 0.4) is 0 Å². The Morgan fingerprint density at radius 3 is 2.80 bits per heavy atom. The lowest BCUT2D eigenvalue weighted by Crippen LogP contribution is -2.30. The smallest absolute Gasteiger partial charge is 0.143 e. The minimum atomic E-state index is -0.385. The van der Waals surface area contributed by atoms with E-state index in [2.05, 4.69) is 24.5 Å². The molecule has 0 bridgehead atoms. The van der Waals surface area contributed by atoms with Gasteiger partial charge in [-0.25, -0.2) is 4.39 Å². The third kappa shape index (κ3) is 2.17. The number of hydrogen-bond acceptors (Lipinski definition) is 2. The minimum Gasteiger partial charge on any atom is -0.383 e. The molecule has 0 unspecified atom stereocenters. The van der Waals surface area contributed by atoms with Crippen LogP contribution in [0, 0.1) is 5.82 Å². The molecule has 1 aromatic rings. The fraction of sp³-hybridized carbons (Fsp3) is 0.455. The Kier molecular flexibility index (Phi) is 2.51. The maximum atomic E-state index is 13.2. The zero-order valence-electron chi connectivity index (χ0n) is 8.82. The predicted molar refractivity (Wildman–Crippen MR) is 62.2 cm³/mol. The van der Waals surface area contributed by atoms with Gasteiger partial charge in [0, 0.05) is 18.2 Å². The molecule has 0 atom stereocenters. The third-order valence-electron chi connectivity index (χ3n) is 2.60. The summed E-state index contributed by atoms with van der Waals surface area (Å²) in [7, 11) is 0. The molecular formula is C11H14ClFN2. The molecule has 0 radical (unpaired) electrons. The molecule has 2 rings (SSSR count). The first-order valence-electron chi connectivity index (χ1n) is 4.99.